The van der Waals surface area contributed by atoms with Crippen molar-refractivity contribution in [2.45, 2.75) is 25.8 Å². The zero-order valence-corrected chi connectivity index (χ0v) is 11.2. The molecule has 1 atom stereocenters. The van der Waals surface area contributed by atoms with Crippen molar-refractivity contribution in [2.24, 2.45) is 5.73 Å². The number of alkyl halides is 1. The van der Waals surface area contributed by atoms with Crippen molar-refractivity contribution in [2.75, 3.05) is 17.7 Å². The van der Waals surface area contributed by atoms with Crippen molar-refractivity contribution in [3.8, 4) is 0 Å². The normalized spacial score (nSPS) is 12.2. The van der Waals surface area contributed by atoms with Crippen LogP contribution in [0.15, 0.2) is 18.2 Å². The van der Waals surface area contributed by atoms with Crippen LogP contribution in [0.25, 0.3) is 0 Å². The summed E-state index contributed by atoms with van der Waals surface area (Å²) in [5, 5.41) is 11.9. The van der Waals surface area contributed by atoms with E-state index >= 15 is 0 Å². The summed E-state index contributed by atoms with van der Waals surface area (Å²) in [6.45, 7) is 2.67. The standard InChI is InChI=1S/C13H19ClN2O2/c1-9-2-3-12(16-5-4-14)10(6-9)7-11(15)8-13(17)18/h2-3,6,11,16H,4-5,7-8,15H2,1H3,(H,17,18)/t11-/m0/s1. The Morgan fingerprint density at radius 1 is 1.56 bits per heavy atom. The van der Waals surface area contributed by atoms with Gasteiger partial charge in [-0.05, 0) is 25.0 Å². The van der Waals surface area contributed by atoms with Crippen molar-refractivity contribution in [1.29, 1.82) is 0 Å². The van der Waals surface area contributed by atoms with E-state index < -0.39 is 5.97 Å². The zero-order chi connectivity index (χ0) is 13.5. The van der Waals surface area contributed by atoms with Crippen LogP contribution in [0.1, 0.15) is 17.5 Å². The maximum Gasteiger partial charge on any atom is 0.304 e. The predicted molar refractivity (Wildman–Crippen MR) is 74.3 cm³/mol. The van der Waals surface area contributed by atoms with Crippen molar-refractivity contribution >= 4 is 23.3 Å². The van der Waals surface area contributed by atoms with Crippen molar-refractivity contribution in [1.82, 2.24) is 0 Å². The average Bonchev–Trinajstić information content (AvgIpc) is 2.26. The first-order chi connectivity index (χ1) is 8.52. The average molecular weight is 271 g/mol. The van der Waals surface area contributed by atoms with Gasteiger partial charge in [0, 0.05) is 24.2 Å². The van der Waals surface area contributed by atoms with Gasteiger partial charge >= 0.3 is 5.97 Å². The number of carboxylic acids is 1. The Morgan fingerprint density at radius 3 is 2.89 bits per heavy atom. The molecule has 1 aromatic rings. The minimum Gasteiger partial charge on any atom is -0.481 e. The molecule has 0 aliphatic carbocycles. The Kier molecular flexibility index (Phi) is 5.95. The van der Waals surface area contributed by atoms with Gasteiger partial charge in [-0.2, -0.15) is 0 Å². The first-order valence-electron chi connectivity index (χ1n) is 5.89. The molecule has 100 valence electrons. The molecule has 18 heavy (non-hydrogen) atoms. The Balaban J connectivity index is 2.77. The Labute approximate surface area is 112 Å². The topological polar surface area (TPSA) is 75.3 Å². The Hall–Kier alpha value is -1.26. The smallest absolute Gasteiger partial charge is 0.304 e. The van der Waals surface area contributed by atoms with Gasteiger partial charge in [0.2, 0.25) is 0 Å². The quantitative estimate of drug-likeness (QED) is 0.663. The molecule has 0 saturated heterocycles. The number of aliphatic carboxylic acids is 1. The van der Waals surface area contributed by atoms with Gasteiger partial charge in [0.05, 0.1) is 6.42 Å². The number of rotatable bonds is 7. The van der Waals surface area contributed by atoms with Gasteiger partial charge in [0.25, 0.3) is 0 Å². The molecule has 0 radical (unpaired) electrons. The van der Waals surface area contributed by atoms with Gasteiger partial charge in [0.15, 0.2) is 0 Å². The number of halogens is 1. The van der Waals surface area contributed by atoms with E-state index in [0.29, 0.717) is 18.8 Å². The number of hydrogen-bond donors (Lipinski definition) is 3. The van der Waals surface area contributed by atoms with E-state index in [1.54, 1.807) is 0 Å². The summed E-state index contributed by atoms with van der Waals surface area (Å²) in [4.78, 5) is 10.6. The third-order valence-electron chi connectivity index (χ3n) is 2.59. The number of hydrogen-bond acceptors (Lipinski definition) is 3. The van der Waals surface area contributed by atoms with Crippen LogP contribution in [0.2, 0.25) is 0 Å². The molecule has 1 rings (SSSR count). The summed E-state index contributed by atoms with van der Waals surface area (Å²) in [5.41, 5.74) is 8.96. The van der Waals surface area contributed by atoms with Crippen molar-refractivity contribution < 1.29 is 9.90 Å². The van der Waals surface area contributed by atoms with E-state index in [0.717, 1.165) is 16.8 Å². The Morgan fingerprint density at radius 2 is 2.28 bits per heavy atom. The third kappa shape index (κ3) is 4.94. The highest BCUT2D eigenvalue weighted by atomic mass is 35.5. The molecule has 0 aromatic heterocycles. The summed E-state index contributed by atoms with van der Waals surface area (Å²) >= 11 is 5.64. The van der Waals surface area contributed by atoms with E-state index in [2.05, 4.69) is 5.32 Å². The summed E-state index contributed by atoms with van der Waals surface area (Å²) in [5.74, 6) is -0.348. The highest BCUT2D eigenvalue weighted by Crippen LogP contribution is 2.19. The molecule has 4 N–H and O–H groups in total. The van der Waals surface area contributed by atoms with Gasteiger partial charge < -0.3 is 16.2 Å². The lowest BCUT2D eigenvalue weighted by Crippen LogP contribution is -2.26. The molecule has 0 heterocycles. The van der Waals surface area contributed by atoms with Gasteiger partial charge in [-0.3, -0.25) is 4.79 Å². The number of anilines is 1. The van der Waals surface area contributed by atoms with Crippen LogP contribution < -0.4 is 11.1 Å². The molecular weight excluding hydrogens is 252 g/mol. The summed E-state index contributed by atoms with van der Waals surface area (Å²) in [7, 11) is 0. The molecule has 0 bridgehead atoms. The fourth-order valence-electron chi connectivity index (χ4n) is 1.82. The second-order valence-electron chi connectivity index (χ2n) is 4.34. The summed E-state index contributed by atoms with van der Waals surface area (Å²) in [6.07, 6.45) is 0.515. The minimum atomic E-state index is -0.870. The fourth-order valence-corrected chi connectivity index (χ4v) is 1.92. The highest BCUT2D eigenvalue weighted by Gasteiger charge is 2.11. The lowest BCUT2D eigenvalue weighted by molar-refractivity contribution is -0.137. The maximum atomic E-state index is 10.6. The summed E-state index contributed by atoms with van der Waals surface area (Å²) < 4.78 is 0. The summed E-state index contributed by atoms with van der Waals surface area (Å²) in [6, 6.07) is 5.63. The zero-order valence-electron chi connectivity index (χ0n) is 10.4. The van der Waals surface area contributed by atoms with Gasteiger partial charge in [-0.15, -0.1) is 11.6 Å². The van der Waals surface area contributed by atoms with Crippen LogP contribution in [-0.4, -0.2) is 29.5 Å². The van der Waals surface area contributed by atoms with Gasteiger partial charge in [-0.25, -0.2) is 0 Å². The van der Waals surface area contributed by atoms with E-state index in [1.807, 2.05) is 25.1 Å². The molecular formula is C13H19ClN2O2. The largest absolute Gasteiger partial charge is 0.481 e. The third-order valence-corrected chi connectivity index (χ3v) is 2.78. The number of nitrogens with two attached hydrogens (primary N) is 1. The first kappa shape index (κ1) is 14.8. The van der Waals surface area contributed by atoms with Gasteiger partial charge in [-0.1, -0.05) is 17.7 Å². The number of benzene rings is 1. The van der Waals surface area contributed by atoms with Crippen LogP contribution in [-0.2, 0) is 11.2 Å². The molecule has 0 fully saturated rings. The van der Waals surface area contributed by atoms with Crippen LogP contribution in [0.5, 0.6) is 0 Å². The van der Waals surface area contributed by atoms with Gasteiger partial charge in [0.1, 0.15) is 0 Å². The lowest BCUT2D eigenvalue weighted by atomic mass is 10.0. The van der Waals surface area contributed by atoms with E-state index in [-0.39, 0.29) is 12.5 Å². The monoisotopic (exact) mass is 270 g/mol. The van der Waals surface area contributed by atoms with Crippen LogP contribution in [0, 0.1) is 6.92 Å². The van der Waals surface area contributed by atoms with E-state index in [9.17, 15) is 4.79 Å². The number of nitrogens with one attached hydrogen (secondary N) is 1. The van der Waals surface area contributed by atoms with Crippen LogP contribution in [0.4, 0.5) is 5.69 Å². The first-order valence-corrected chi connectivity index (χ1v) is 6.43. The maximum absolute atomic E-state index is 10.6. The number of aryl methyl sites for hydroxylation is 1. The number of carbonyl (C=O) groups is 1. The predicted octanol–water partition coefficient (Wildman–Crippen LogP) is 1.99. The second kappa shape index (κ2) is 7.24. The SMILES string of the molecule is Cc1ccc(NCCCl)c(C[C@H](N)CC(=O)O)c1. The molecule has 0 saturated carbocycles. The molecule has 0 unspecified atom stereocenters. The molecule has 0 spiro atoms. The minimum absolute atomic E-state index is 0.0249. The van der Waals surface area contributed by atoms with Crippen molar-refractivity contribution in [3.63, 3.8) is 0 Å². The second-order valence-corrected chi connectivity index (χ2v) is 4.72. The van der Waals surface area contributed by atoms with Crippen molar-refractivity contribution in [3.05, 3.63) is 29.3 Å². The fraction of sp³-hybridized carbons (Fsp3) is 0.462. The molecule has 1 aromatic carbocycles. The number of carboxylic acid groups (broad SMARTS) is 1. The Bertz CT molecular complexity index is 410. The highest BCUT2D eigenvalue weighted by molar-refractivity contribution is 6.18. The molecule has 0 aliphatic heterocycles. The van der Waals surface area contributed by atoms with Crippen LogP contribution >= 0.6 is 11.6 Å². The molecule has 4 nitrogen and oxygen atoms in total. The van der Waals surface area contributed by atoms with E-state index in [4.69, 9.17) is 22.4 Å². The molecule has 0 aliphatic rings. The molecule has 5 heteroatoms. The molecule has 0 amide bonds. The lowest BCUT2D eigenvalue weighted by Gasteiger charge is -2.15. The van der Waals surface area contributed by atoms with Crippen LogP contribution in [0.3, 0.4) is 0 Å². The van der Waals surface area contributed by atoms with E-state index in [1.165, 1.54) is 0 Å².